The van der Waals surface area contributed by atoms with E-state index in [-0.39, 0.29) is 12.5 Å². The van der Waals surface area contributed by atoms with E-state index in [0.717, 1.165) is 55.8 Å². The molecule has 0 aliphatic heterocycles. The number of rotatable bonds is 12. The third-order valence-electron chi connectivity index (χ3n) is 8.09. The summed E-state index contributed by atoms with van der Waals surface area (Å²) >= 11 is 6.54. The average Bonchev–Trinajstić information content (AvgIpc) is 2.95. The number of anilines is 1. The van der Waals surface area contributed by atoms with Crippen molar-refractivity contribution in [3.8, 4) is 5.75 Å². The molecule has 218 valence electrons. The number of primary amides is 1. The standard InChI is InChI=1S/C31H44ClN5O3/c1-7-37(25-13-11-24(12-14-25)36(5)19-22-9-8-10-26(15-22)40-6)29-17-23(32)16-27(20(29)2)31(39)35-18-28(30(33)38)21(3)34-4/h8-10,15-17,24-25,34H,7,11-14,18-19H2,1-6H3,(H2,33,38)(H,35,39)/b28-21-/t24-,25-. The average molecular weight is 570 g/mol. The smallest absolute Gasteiger partial charge is 0.251 e. The van der Waals surface area contributed by atoms with Crippen molar-refractivity contribution < 1.29 is 14.3 Å². The maximum Gasteiger partial charge on any atom is 0.251 e. The topological polar surface area (TPSA) is 99.9 Å². The molecule has 0 unspecified atom stereocenters. The van der Waals surface area contributed by atoms with Crippen LogP contribution in [0.5, 0.6) is 5.75 Å². The lowest BCUT2D eigenvalue weighted by Gasteiger charge is -2.41. The van der Waals surface area contributed by atoms with Crippen LogP contribution < -0.4 is 26.0 Å². The largest absolute Gasteiger partial charge is 0.497 e. The van der Waals surface area contributed by atoms with Gasteiger partial charge in [-0.25, -0.2) is 0 Å². The number of amides is 2. The Kier molecular flexibility index (Phi) is 11.3. The van der Waals surface area contributed by atoms with Crippen molar-refractivity contribution in [1.82, 2.24) is 15.5 Å². The molecule has 0 spiro atoms. The Labute approximate surface area is 243 Å². The Morgan fingerprint density at radius 2 is 1.80 bits per heavy atom. The number of methoxy groups -OCH3 is 1. The van der Waals surface area contributed by atoms with Crippen LogP contribution in [0, 0.1) is 6.92 Å². The molecular formula is C31H44ClN5O3. The third-order valence-corrected chi connectivity index (χ3v) is 8.31. The van der Waals surface area contributed by atoms with Crippen molar-refractivity contribution in [2.75, 3.05) is 39.2 Å². The van der Waals surface area contributed by atoms with Crippen LogP contribution in [0.15, 0.2) is 47.7 Å². The predicted molar refractivity (Wildman–Crippen MR) is 163 cm³/mol. The molecule has 1 aliphatic rings. The summed E-state index contributed by atoms with van der Waals surface area (Å²) in [6.45, 7) is 7.59. The molecule has 3 rings (SSSR count). The lowest BCUT2D eigenvalue weighted by molar-refractivity contribution is -0.114. The van der Waals surface area contributed by atoms with E-state index in [9.17, 15) is 9.59 Å². The van der Waals surface area contributed by atoms with E-state index < -0.39 is 5.91 Å². The molecule has 0 bridgehead atoms. The monoisotopic (exact) mass is 569 g/mol. The number of nitrogens with zero attached hydrogens (tertiary/aromatic N) is 2. The number of benzene rings is 2. The van der Waals surface area contributed by atoms with Gasteiger partial charge < -0.3 is 26.0 Å². The Bertz CT molecular complexity index is 1220. The molecule has 40 heavy (non-hydrogen) atoms. The lowest BCUT2D eigenvalue weighted by Crippen LogP contribution is -2.43. The van der Waals surface area contributed by atoms with Crippen LogP contribution in [0.2, 0.25) is 5.02 Å². The maximum atomic E-state index is 13.2. The van der Waals surface area contributed by atoms with Gasteiger partial charge in [-0.15, -0.1) is 0 Å². The zero-order chi connectivity index (χ0) is 29.4. The van der Waals surface area contributed by atoms with Crippen molar-refractivity contribution in [2.45, 2.75) is 65.1 Å². The summed E-state index contributed by atoms with van der Waals surface area (Å²) in [5.74, 6) is 0.0244. The molecule has 2 aromatic rings. The van der Waals surface area contributed by atoms with Gasteiger partial charge in [0.25, 0.3) is 5.91 Å². The minimum absolute atomic E-state index is 0.0346. The first kappa shape index (κ1) is 31.3. The molecule has 0 heterocycles. The zero-order valence-electron chi connectivity index (χ0n) is 24.6. The van der Waals surface area contributed by atoms with E-state index in [1.807, 2.05) is 25.1 Å². The summed E-state index contributed by atoms with van der Waals surface area (Å²) in [6, 6.07) is 12.8. The van der Waals surface area contributed by atoms with Gasteiger partial charge in [-0.1, -0.05) is 23.7 Å². The van der Waals surface area contributed by atoms with Gasteiger partial charge in [0.1, 0.15) is 5.75 Å². The van der Waals surface area contributed by atoms with E-state index in [4.69, 9.17) is 22.1 Å². The van der Waals surface area contributed by atoms with Crippen molar-refractivity contribution in [2.24, 2.45) is 5.73 Å². The normalized spacial score (nSPS) is 17.7. The highest BCUT2D eigenvalue weighted by atomic mass is 35.5. The first-order chi connectivity index (χ1) is 19.1. The van der Waals surface area contributed by atoms with Crippen LogP contribution in [0.1, 0.15) is 61.0 Å². The summed E-state index contributed by atoms with van der Waals surface area (Å²) in [7, 11) is 5.61. The number of nitrogens with one attached hydrogen (secondary N) is 2. The number of allylic oxidation sites excluding steroid dienone is 1. The van der Waals surface area contributed by atoms with Crippen LogP contribution >= 0.6 is 11.6 Å². The molecule has 0 aromatic heterocycles. The van der Waals surface area contributed by atoms with E-state index in [2.05, 4.69) is 46.5 Å². The van der Waals surface area contributed by atoms with Gasteiger partial charge >= 0.3 is 0 Å². The van der Waals surface area contributed by atoms with Crippen molar-refractivity contribution in [1.29, 1.82) is 0 Å². The second-order valence-electron chi connectivity index (χ2n) is 10.5. The molecule has 2 aromatic carbocycles. The van der Waals surface area contributed by atoms with E-state index in [1.165, 1.54) is 5.56 Å². The molecule has 4 N–H and O–H groups in total. The van der Waals surface area contributed by atoms with E-state index in [0.29, 0.717) is 33.9 Å². The summed E-state index contributed by atoms with van der Waals surface area (Å²) < 4.78 is 5.38. The zero-order valence-corrected chi connectivity index (χ0v) is 25.4. The third kappa shape index (κ3) is 7.70. The van der Waals surface area contributed by atoms with Crippen LogP contribution in [0.3, 0.4) is 0 Å². The second kappa shape index (κ2) is 14.4. The number of hydrogen-bond donors (Lipinski definition) is 3. The molecule has 8 nitrogen and oxygen atoms in total. The number of hydrogen-bond acceptors (Lipinski definition) is 6. The Morgan fingerprint density at radius 3 is 2.40 bits per heavy atom. The molecule has 1 saturated carbocycles. The summed E-state index contributed by atoms with van der Waals surface area (Å²) in [5, 5.41) is 6.27. The lowest BCUT2D eigenvalue weighted by atomic mass is 9.88. The second-order valence-corrected chi connectivity index (χ2v) is 10.9. The number of halogens is 1. The highest BCUT2D eigenvalue weighted by Crippen LogP contribution is 2.34. The van der Waals surface area contributed by atoms with Crippen LogP contribution in [-0.2, 0) is 11.3 Å². The highest BCUT2D eigenvalue weighted by molar-refractivity contribution is 6.31. The summed E-state index contributed by atoms with van der Waals surface area (Å²) in [6.07, 6.45) is 4.32. The van der Waals surface area contributed by atoms with Gasteiger partial charge in [-0.3, -0.25) is 14.5 Å². The Hall–Kier alpha value is -3.23. The van der Waals surface area contributed by atoms with Crippen molar-refractivity contribution in [3.05, 3.63) is 69.4 Å². The van der Waals surface area contributed by atoms with Gasteiger partial charge in [0.15, 0.2) is 0 Å². The fourth-order valence-electron chi connectivity index (χ4n) is 5.64. The number of carbonyl (C=O) groups excluding carboxylic acids is 2. The number of nitrogens with two attached hydrogens (primary N) is 1. The molecule has 0 saturated heterocycles. The van der Waals surface area contributed by atoms with E-state index >= 15 is 0 Å². The molecule has 9 heteroatoms. The Morgan fingerprint density at radius 1 is 1.12 bits per heavy atom. The molecule has 1 fully saturated rings. The van der Waals surface area contributed by atoms with E-state index in [1.54, 1.807) is 27.1 Å². The van der Waals surface area contributed by atoms with Gasteiger partial charge in [0, 0.05) is 54.2 Å². The Balaban J connectivity index is 1.70. The van der Waals surface area contributed by atoms with Gasteiger partial charge in [-0.2, -0.15) is 0 Å². The fraction of sp³-hybridized carbons (Fsp3) is 0.484. The van der Waals surface area contributed by atoms with Crippen LogP contribution in [0.4, 0.5) is 5.69 Å². The molecule has 0 atom stereocenters. The molecular weight excluding hydrogens is 526 g/mol. The minimum atomic E-state index is -0.572. The van der Waals surface area contributed by atoms with Crippen LogP contribution in [0.25, 0.3) is 0 Å². The molecule has 0 radical (unpaired) electrons. The van der Waals surface area contributed by atoms with Gasteiger partial charge in [0.05, 0.1) is 19.2 Å². The van der Waals surface area contributed by atoms with Crippen LogP contribution in [-0.4, -0.2) is 63.1 Å². The minimum Gasteiger partial charge on any atom is -0.497 e. The number of carbonyl (C=O) groups is 2. The first-order valence-electron chi connectivity index (χ1n) is 13.9. The summed E-state index contributed by atoms with van der Waals surface area (Å²) in [4.78, 5) is 29.9. The number of ether oxygens (including phenoxy) is 1. The van der Waals surface area contributed by atoms with Gasteiger partial charge in [0.2, 0.25) is 5.91 Å². The molecule has 2 amide bonds. The van der Waals surface area contributed by atoms with Crippen molar-refractivity contribution in [3.63, 3.8) is 0 Å². The fourth-order valence-corrected chi connectivity index (χ4v) is 5.85. The summed E-state index contributed by atoms with van der Waals surface area (Å²) in [5.41, 5.74) is 10.1. The predicted octanol–water partition coefficient (Wildman–Crippen LogP) is 4.64. The highest BCUT2D eigenvalue weighted by Gasteiger charge is 2.29. The SMILES string of the molecule is CCN(c1cc(Cl)cc(C(=O)NC/C(C(N)=O)=C(\C)NC)c1C)[C@H]1CC[C@H](N(C)Cc2cccc(OC)c2)CC1. The molecule has 1 aliphatic carbocycles. The maximum absolute atomic E-state index is 13.2. The van der Waals surface area contributed by atoms with Gasteiger partial charge in [-0.05, 0) is 88.9 Å². The first-order valence-corrected chi connectivity index (χ1v) is 14.3. The van der Waals surface area contributed by atoms with Crippen molar-refractivity contribution >= 4 is 29.1 Å². The quantitative estimate of drug-likeness (QED) is 0.322.